The maximum atomic E-state index is 5.70. The van der Waals surface area contributed by atoms with Gasteiger partial charge in [0.15, 0.2) is 0 Å². The molecule has 0 atom stereocenters. The van der Waals surface area contributed by atoms with Gasteiger partial charge < -0.3 is 9.47 Å². The second-order valence-electron chi connectivity index (χ2n) is 10.8. The Morgan fingerprint density at radius 1 is 0.636 bits per heavy atom. The smallest absolute Gasteiger partial charge is 0.124 e. The Bertz CT molecular complexity index is 1810. The summed E-state index contributed by atoms with van der Waals surface area (Å²) in [5, 5.41) is 6.53. The monoisotopic (exact) mass is 652 g/mol. The third-order valence-corrected chi connectivity index (χ3v) is 11.7. The Balaban J connectivity index is 1.06. The predicted octanol–water partition coefficient (Wildman–Crippen LogP) is 11.2. The summed E-state index contributed by atoms with van der Waals surface area (Å²) in [6.45, 7) is 4.42. The molecule has 0 bridgehead atoms. The first-order valence-corrected chi connectivity index (χ1v) is 18.2. The molecule has 0 fully saturated rings. The molecule has 7 aromatic rings. The van der Waals surface area contributed by atoms with Crippen molar-refractivity contribution in [3.8, 4) is 42.0 Å². The normalized spacial score (nSPS) is 11.7. The zero-order valence-electron chi connectivity index (χ0n) is 24.7. The standard InChI is InChI=1S/C36H32N2O2S4/c1-3-14-40-20-24-17-32(42-22-24)26-8-12-28(13-9-26)36-38-30-19-33-29(18-34(30)44-36)37-35(43-33)27-10-6-25(7-11-27)31-16-23(21-41-31)5-4-15-39-2/h6-13,16-19,21-22H,3-5,14-15,20H2,1-2H3. The Morgan fingerprint density at radius 3 is 1.70 bits per heavy atom. The maximum absolute atomic E-state index is 5.70. The number of ether oxygens (including phenoxy) is 2. The molecular weight excluding hydrogens is 621 g/mol. The molecule has 0 N–H and O–H groups in total. The fourth-order valence-corrected chi connectivity index (χ4v) is 9.00. The van der Waals surface area contributed by atoms with E-state index in [1.54, 1.807) is 41.1 Å². The minimum absolute atomic E-state index is 0.681. The number of thiophene rings is 2. The van der Waals surface area contributed by atoms with Gasteiger partial charge in [-0.15, -0.1) is 45.3 Å². The van der Waals surface area contributed by atoms with Gasteiger partial charge in [-0.25, -0.2) is 9.97 Å². The van der Waals surface area contributed by atoms with Gasteiger partial charge in [0.1, 0.15) is 10.0 Å². The molecule has 0 spiro atoms. The van der Waals surface area contributed by atoms with Crippen LogP contribution in [0.4, 0.5) is 0 Å². The maximum Gasteiger partial charge on any atom is 0.124 e. The number of rotatable bonds is 12. The molecular formula is C36H32N2O2S4. The van der Waals surface area contributed by atoms with Crippen LogP contribution in [0.2, 0.25) is 0 Å². The molecule has 0 saturated carbocycles. The first-order chi connectivity index (χ1) is 21.7. The first kappa shape index (κ1) is 29.5. The lowest BCUT2D eigenvalue weighted by Gasteiger charge is -2.00. The van der Waals surface area contributed by atoms with Crippen LogP contribution in [0.15, 0.2) is 83.6 Å². The van der Waals surface area contributed by atoms with Crippen molar-refractivity contribution in [2.45, 2.75) is 32.8 Å². The van der Waals surface area contributed by atoms with Crippen molar-refractivity contribution in [3.05, 3.63) is 94.7 Å². The quantitative estimate of drug-likeness (QED) is 0.123. The van der Waals surface area contributed by atoms with Crippen LogP contribution in [0, 0.1) is 0 Å². The predicted molar refractivity (Wildman–Crippen MR) is 190 cm³/mol. The van der Waals surface area contributed by atoms with E-state index in [1.807, 2.05) is 11.3 Å². The SMILES string of the molecule is CCCOCc1csc(-c2ccc(-c3nc4cc5sc(-c6ccc(-c7cc(CCCOC)cs7)cc6)nc5cc4s3)cc2)c1. The van der Waals surface area contributed by atoms with Gasteiger partial charge in [-0.05, 0) is 76.5 Å². The van der Waals surface area contributed by atoms with E-state index < -0.39 is 0 Å². The second-order valence-corrected chi connectivity index (χ2v) is 14.7. The van der Waals surface area contributed by atoms with E-state index in [4.69, 9.17) is 19.4 Å². The molecule has 4 heterocycles. The van der Waals surface area contributed by atoms with E-state index in [9.17, 15) is 0 Å². The molecule has 3 aromatic carbocycles. The number of thiazole rings is 2. The Kier molecular flexibility index (Phi) is 8.98. The number of hydrogen-bond donors (Lipinski definition) is 0. The molecule has 8 heteroatoms. The van der Waals surface area contributed by atoms with Gasteiger partial charge in [-0.3, -0.25) is 0 Å². The minimum atomic E-state index is 0.681. The van der Waals surface area contributed by atoms with Crippen molar-refractivity contribution in [2.75, 3.05) is 20.3 Å². The molecule has 7 rings (SSSR count). The van der Waals surface area contributed by atoms with Crippen LogP contribution in [0.1, 0.15) is 30.9 Å². The second kappa shape index (κ2) is 13.4. The molecule has 0 unspecified atom stereocenters. The average molecular weight is 653 g/mol. The molecule has 4 nitrogen and oxygen atoms in total. The average Bonchev–Trinajstić information content (AvgIpc) is 3.86. The highest BCUT2D eigenvalue weighted by Gasteiger charge is 2.13. The molecule has 0 aliphatic rings. The highest BCUT2D eigenvalue weighted by molar-refractivity contribution is 7.23. The van der Waals surface area contributed by atoms with Crippen molar-refractivity contribution in [1.82, 2.24) is 9.97 Å². The molecule has 0 aliphatic heterocycles. The molecule has 0 saturated heterocycles. The summed E-state index contributed by atoms with van der Waals surface area (Å²) in [7, 11) is 1.76. The minimum Gasteiger partial charge on any atom is -0.385 e. The fraction of sp³-hybridized carbons (Fsp3) is 0.222. The van der Waals surface area contributed by atoms with Crippen LogP contribution in [-0.2, 0) is 22.5 Å². The summed E-state index contributed by atoms with van der Waals surface area (Å²) in [5.74, 6) is 0. The van der Waals surface area contributed by atoms with Crippen LogP contribution in [0.5, 0.6) is 0 Å². The lowest BCUT2D eigenvalue weighted by Crippen LogP contribution is -1.91. The van der Waals surface area contributed by atoms with Crippen LogP contribution < -0.4 is 0 Å². The molecule has 4 aromatic heterocycles. The van der Waals surface area contributed by atoms with E-state index in [-0.39, 0.29) is 0 Å². The summed E-state index contributed by atoms with van der Waals surface area (Å²) < 4.78 is 13.2. The number of benzene rings is 3. The number of methoxy groups -OCH3 is 1. The van der Waals surface area contributed by atoms with Crippen molar-refractivity contribution >= 4 is 65.8 Å². The van der Waals surface area contributed by atoms with E-state index >= 15 is 0 Å². The number of hydrogen-bond acceptors (Lipinski definition) is 8. The van der Waals surface area contributed by atoms with Crippen LogP contribution >= 0.6 is 45.3 Å². The largest absolute Gasteiger partial charge is 0.385 e. The number of aromatic nitrogens is 2. The molecule has 0 radical (unpaired) electrons. The highest BCUT2D eigenvalue weighted by atomic mass is 32.1. The van der Waals surface area contributed by atoms with Gasteiger partial charge in [-0.1, -0.05) is 55.5 Å². The first-order valence-electron chi connectivity index (χ1n) is 14.8. The summed E-state index contributed by atoms with van der Waals surface area (Å²) in [5.41, 5.74) is 9.45. The molecule has 222 valence electrons. The van der Waals surface area contributed by atoms with Gasteiger partial charge in [0, 0.05) is 41.2 Å². The lowest BCUT2D eigenvalue weighted by atomic mass is 10.1. The van der Waals surface area contributed by atoms with E-state index in [0.717, 1.165) is 69.4 Å². The van der Waals surface area contributed by atoms with Crippen molar-refractivity contribution in [3.63, 3.8) is 0 Å². The van der Waals surface area contributed by atoms with E-state index in [1.165, 1.54) is 36.7 Å². The van der Waals surface area contributed by atoms with E-state index in [2.05, 4.69) is 90.5 Å². The van der Waals surface area contributed by atoms with Gasteiger partial charge in [-0.2, -0.15) is 0 Å². The zero-order chi connectivity index (χ0) is 29.9. The molecule has 0 aliphatic carbocycles. The van der Waals surface area contributed by atoms with Crippen LogP contribution in [0.3, 0.4) is 0 Å². The van der Waals surface area contributed by atoms with Gasteiger partial charge >= 0.3 is 0 Å². The summed E-state index contributed by atoms with van der Waals surface area (Å²) in [6.07, 6.45) is 3.15. The Morgan fingerprint density at radius 2 is 1.16 bits per heavy atom. The zero-order valence-corrected chi connectivity index (χ0v) is 27.9. The Hall–Kier alpha value is -3.24. The topological polar surface area (TPSA) is 44.2 Å². The van der Waals surface area contributed by atoms with E-state index in [0.29, 0.717) is 6.61 Å². The number of fused-ring (bicyclic) bond motifs is 2. The summed E-state index contributed by atoms with van der Waals surface area (Å²) in [4.78, 5) is 12.6. The third-order valence-electron chi connectivity index (χ3n) is 7.47. The van der Waals surface area contributed by atoms with Crippen LogP contribution in [-0.4, -0.2) is 30.3 Å². The molecule has 0 amide bonds. The molecule has 44 heavy (non-hydrogen) atoms. The summed E-state index contributed by atoms with van der Waals surface area (Å²) >= 11 is 7.04. The summed E-state index contributed by atoms with van der Waals surface area (Å²) in [6, 6.07) is 26.5. The van der Waals surface area contributed by atoms with Gasteiger partial charge in [0.25, 0.3) is 0 Å². The van der Waals surface area contributed by atoms with Crippen LogP contribution in [0.25, 0.3) is 62.5 Å². The number of aryl methyl sites for hydroxylation is 1. The van der Waals surface area contributed by atoms with Crippen molar-refractivity contribution < 1.29 is 9.47 Å². The van der Waals surface area contributed by atoms with Crippen molar-refractivity contribution in [2.24, 2.45) is 0 Å². The third kappa shape index (κ3) is 6.42. The fourth-order valence-electron chi connectivity index (χ4n) is 5.17. The Labute approximate surface area is 273 Å². The number of nitrogens with zero attached hydrogens (tertiary/aromatic N) is 2. The van der Waals surface area contributed by atoms with Gasteiger partial charge in [0.05, 0.1) is 27.0 Å². The lowest BCUT2D eigenvalue weighted by molar-refractivity contribution is 0.122. The van der Waals surface area contributed by atoms with Crippen molar-refractivity contribution in [1.29, 1.82) is 0 Å². The highest BCUT2D eigenvalue weighted by Crippen LogP contribution is 2.38. The van der Waals surface area contributed by atoms with Gasteiger partial charge in [0.2, 0.25) is 0 Å².